The summed E-state index contributed by atoms with van der Waals surface area (Å²) in [5.41, 5.74) is 0.832. The zero-order valence-electron chi connectivity index (χ0n) is 10.8. The molecule has 1 aromatic carbocycles. The molecule has 0 aromatic heterocycles. The predicted octanol–water partition coefficient (Wildman–Crippen LogP) is 3.87. The second-order valence-corrected chi connectivity index (χ2v) is 4.77. The van der Waals surface area contributed by atoms with Gasteiger partial charge in [0, 0.05) is 5.69 Å². The van der Waals surface area contributed by atoms with Gasteiger partial charge < -0.3 is 5.32 Å². The van der Waals surface area contributed by atoms with Crippen molar-refractivity contribution in [2.75, 3.05) is 5.32 Å². The average molecular weight is 234 g/mol. The molecule has 0 aliphatic rings. The Kier molecular flexibility index (Phi) is 4.11. The van der Waals surface area contributed by atoms with Crippen molar-refractivity contribution in [1.82, 2.24) is 0 Å². The minimum atomic E-state index is -0.672. The van der Waals surface area contributed by atoms with Gasteiger partial charge >= 0.3 is 0 Å². The Labute approximate surface area is 102 Å². The summed E-state index contributed by atoms with van der Waals surface area (Å²) < 4.78 is 13.3. The normalized spacial score (nSPS) is 15.8. The van der Waals surface area contributed by atoms with Crippen molar-refractivity contribution in [3.05, 3.63) is 29.6 Å². The standard InChI is InChI=1S/C14H19FN2/c1-5-11(3)14(4,9-16)17-13-7-10(2)6-12(15)8-13/h6-8,11,17H,5H2,1-4H3. The van der Waals surface area contributed by atoms with Crippen molar-refractivity contribution < 1.29 is 4.39 Å². The van der Waals surface area contributed by atoms with Crippen molar-refractivity contribution in [3.8, 4) is 6.07 Å². The Hall–Kier alpha value is -1.56. The van der Waals surface area contributed by atoms with Gasteiger partial charge in [0.2, 0.25) is 0 Å². The highest BCUT2D eigenvalue weighted by Gasteiger charge is 2.29. The highest BCUT2D eigenvalue weighted by molar-refractivity contribution is 5.50. The quantitative estimate of drug-likeness (QED) is 0.858. The van der Waals surface area contributed by atoms with Crippen LogP contribution in [0.4, 0.5) is 10.1 Å². The van der Waals surface area contributed by atoms with Crippen LogP contribution in [0.15, 0.2) is 18.2 Å². The van der Waals surface area contributed by atoms with E-state index in [4.69, 9.17) is 0 Å². The van der Waals surface area contributed by atoms with Crippen LogP contribution in [0.3, 0.4) is 0 Å². The lowest BCUT2D eigenvalue weighted by Crippen LogP contribution is -2.39. The van der Waals surface area contributed by atoms with E-state index in [1.54, 1.807) is 0 Å². The predicted molar refractivity (Wildman–Crippen MR) is 68.2 cm³/mol. The number of nitrogens with zero attached hydrogens (tertiary/aromatic N) is 1. The maximum absolute atomic E-state index is 13.3. The number of hydrogen-bond acceptors (Lipinski definition) is 2. The largest absolute Gasteiger partial charge is 0.367 e. The summed E-state index contributed by atoms with van der Waals surface area (Å²) in [6.07, 6.45) is 0.894. The third-order valence-corrected chi connectivity index (χ3v) is 3.28. The Balaban J connectivity index is 2.99. The van der Waals surface area contributed by atoms with E-state index in [1.807, 2.05) is 33.8 Å². The van der Waals surface area contributed by atoms with E-state index in [0.29, 0.717) is 5.69 Å². The molecule has 2 atom stereocenters. The Bertz CT molecular complexity index is 416. The van der Waals surface area contributed by atoms with Gasteiger partial charge in [-0.1, -0.05) is 20.3 Å². The summed E-state index contributed by atoms with van der Waals surface area (Å²) in [7, 11) is 0. The van der Waals surface area contributed by atoms with Gasteiger partial charge in [-0.3, -0.25) is 0 Å². The molecule has 2 unspecified atom stereocenters. The molecule has 1 N–H and O–H groups in total. The molecular weight excluding hydrogens is 215 g/mol. The molecule has 0 bridgehead atoms. The van der Waals surface area contributed by atoms with Crippen LogP contribution in [0.1, 0.15) is 32.8 Å². The second-order valence-electron chi connectivity index (χ2n) is 4.77. The maximum atomic E-state index is 13.3. The van der Waals surface area contributed by atoms with E-state index in [2.05, 4.69) is 11.4 Å². The van der Waals surface area contributed by atoms with E-state index >= 15 is 0 Å². The molecule has 0 amide bonds. The summed E-state index contributed by atoms with van der Waals surface area (Å²) in [6.45, 7) is 7.74. The monoisotopic (exact) mass is 234 g/mol. The van der Waals surface area contributed by atoms with Crippen molar-refractivity contribution >= 4 is 5.69 Å². The zero-order chi connectivity index (χ0) is 13.1. The average Bonchev–Trinajstić information content (AvgIpc) is 2.26. The first-order valence-corrected chi connectivity index (χ1v) is 5.88. The highest BCUT2D eigenvalue weighted by atomic mass is 19.1. The van der Waals surface area contributed by atoms with Gasteiger partial charge in [-0.2, -0.15) is 5.26 Å². The number of anilines is 1. The molecule has 0 saturated heterocycles. The van der Waals surface area contributed by atoms with Gasteiger partial charge in [-0.05, 0) is 43.5 Å². The first kappa shape index (κ1) is 13.5. The number of nitriles is 1. The molecule has 1 aromatic rings. The van der Waals surface area contributed by atoms with Crippen LogP contribution in [-0.4, -0.2) is 5.54 Å². The molecular formula is C14H19FN2. The Morgan fingerprint density at radius 1 is 1.47 bits per heavy atom. The van der Waals surface area contributed by atoms with E-state index in [9.17, 15) is 9.65 Å². The van der Waals surface area contributed by atoms with Crippen molar-refractivity contribution in [2.45, 2.75) is 39.7 Å². The van der Waals surface area contributed by atoms with E-state index in [1.165, 1.54) is 12.1 Å². The number of hydrogen-bond donors (Lipinski definition) is 1. The first-order chi connectivity index (χ1) is 7.91. The number of halogens is 1. The molecule has 0 heterocycles. The summed E-state index contributed by atoms with van der Waals surface area (Å²) in [5.74, 6) is -0.0898. The lowest BCUT2D eigenvalue weighted by atomic mass is 9.86. The van der Waals surface area contributed by atoms with Crippen LogP contribution in [0, 0.1) is 30.0 Å². The minimum absolute atomic E-state index is 0.191. The lowest BCUT2D eigenvalue weighted by Gasteiger charge is -2.30. The fourth-order valence-electron chi connectivity index (χ4n) is 1.78. The van der Waals surface area contributed by atoms with Gasteiger partial charge in [-0.15, -0.1) is 0 Å². The third-order valence-electron chi connectivity index (χ3n) is 3.28. The van der Waals surface area contributed by atoms with E-state index in [0.717, 1.165) is 12.0 Å². The molecule has 0 spiro atoms. The summed E-state index contributed by atoms with van der Waals surface area (Å²) in [5, 5.41) is 12.4. The molecule has 0 saturated carbocycles. The number of rotatable bonds is 4. The summed E-state index contributed by atoms with van der Waals surface area (Å²) >= 11 is 0. The lowest BCUT2D eigenvalue weighted by molar-refractivity contribution is 0.415. The molecule has 3 heteroatoms. The maximum Gasteiger partial charge on any atom is 0.125 e. The molecule has 1 rings (SSSR count). The van der Waals surface area contributed by atoms with Gasteiger partial charge in [-0.25, -0.2) is 4.39 Å². The van der Waals surface area contributed by atoms with Crippen LogP contribution >= 0.6 is 0 Å². The first-order valence-electron chi connectivity index (χ1n) is 5.88. The summed E-state index contributed by atoms with van der Waals surface area (Å²) in [4.78, 5) is 0. The Morgan fingerprint density at radius 2 is 2.12 bits per heavy atom. The fraction of sp³-hybridized carbons (Fsp3) is 0.500. The van der Waals surface area contributed by atoms with Crippen LogP contribution in [0.5, 0.6) is 0 Å². The van der Waals surface area contributed by atoms with Gasteiger partial charge in [0.25, 0.3) is 0 Å². The molecule has 2 nitrogen and oxygen atoms in total. The third kappa shape index (κ3) is 3.20. The smallest absolute Gasteiger partial charge is 0.125 e. The van der Waals surface area contributed by atoms with Crippen molar-refractivity contribution in [1.29, 1.82) is 5.26 Å². The van der Waals surface area contributed by atoms with Crippen molar-refractivity contribution in [3.63, 3.8) is 0 Å². The Morgan fingerprint density at radius 3 is 2.59 bits per heavy atom. The van der Waals surface area contributed by atoms with E-state index in [-0.39, 0.29) is 11.7 Å². The molecule has 0 fully saturated rings. The second kappa shape index (κ2) is 5.18. The van der Waals surface area contributed by atoms with E-state index < -0.39 is 5.54 Å². The molecule has 0 aliphatic carbocycles. The molecule has 92 valence electrons. The number of benzene rings is 1. The summed E-state index contributed by atoms with van der Waals surface area (Å²) in [6, 6.07) is 7.02. The van der Waals surface area contributed by atoms with Gasteiger partial charge in [0.1, 0.15) is 11.4 Å². The number of aryl methyl sites for hydroxylation is 1. The SMILES string of the molecule is CCC(C)C(C)(C#N)Nc1cc(C)cc(F)c1. The van der Waals surface area contributed by atoms with Crippen LogP contribution in [0.2, 0.25) is 0 Å². The minimum Gasteiger partial charge on any atom is -0.367 e. The van der Waals surface area contributed by atoms with Crippen LogP contribution in [-0.2, 0) is 0 Å². The fourth-order valence-corrected chi connectivity index (χ4v) is 1.78. The van der Waals surface area contributed by atoms with Crippen LogP contribution in [0.25, 0.3) is 0 Å². The van der Waals surface area contributed by atoms with Crippen LogP contribution < -0.4 is 5.32 Å². The topological polar surface area (TPSA) is 35.8 Å². The zero-order valence-corrected chi connectivity index (χ0v) is 10.8. The van der Waals surface area contributed by atoms with Crippen molar-refractivity contribution in [2.24, 2.45) is 5.92 Å². The molecule has 17 heavy (non-hydrogen) atoms. The number of nitrogens with one attached hydrogen (secondary N) is 1. The molecule has 0 radical (unpaired) electrons. The van der Waals surface area contributed by atoms with Gasteiger partial charge in [0.15, 0.2) is 0 Å². The molecule has 0 aliphatic heterocycles. The highest BCUT2D eigenvalue weighted by Crippen LogP contribution is 2.25. The van der Waals surface area contributed by atoms with Gasteiger partial charge in [0.05, 0.1) is 6.07 Å².